The van der Waals surface area contributed by atoms with E-state index in [1.54, 1.807) is 7.05 Å². The van der Waals surface area contributed by atoms with Crippen LogP contribution in [0.2, 0.25) is 0 Å². The highest BCUT2D eigenvalue weighted by atomic mass is 127. The average Bonchev–Trinajstić information content (AvgIpc) is 3.47. The first-order valence-corrected chi connectivity index (χ1v) is 10.2. The van der Waals surface area contributed by atoms with Crippen LogP contribution in [0, 0.1) is 0 Å². The zero-order valence-corrected chi connectivity index (χ0v) is 20.6. The average molecular weight is 546 g/mol. The number of rotatable bonds is 7. The lowest BCUT2D eigenvalue weighted by atomic mass is 10.1. The predicted octanol–water partition coefficient (Wildman–Crippen LogP) is 4.66. The number of halogens is 1. The molecule has 32 heavy (non-hydrogen) atoms. The van der Waals surface area contributed by atoms with Crippen LogP contribution in [0.5, 0.6) is 5.75 Å². The van der Waals surface area contributed by atoms with Gasteiger partial charge in [-0.1, -0.05) is 30.3 Å². The van der Waals surface area contributed by atoms with Gasteiger partial charge in [-0.25, -0.2) is 4.98 Å². The Morgan fingerprint density at radius 3 is 2.81 bits per heavy atom. The van der Waals surface area contributed by atoms with Gasteiger partial charge in [0, 0.05) is 24.5 Å². The van der Waals surface area contributed by atoms with Gasteiger partial charge in [-0.15, -0.1) is 24.0 Å². The number of nitrogens with one attached hydrogen (secondary N) is 3. The van der Waals surface area contributed by atoms with Crippen LogP contribution in [0.15, 0.2) is 64.3 Å². The maximum Gasteiger partial charge on any atom is 0.191 e. The summed E-state index contributed by atoms with van der Waals surface area (Å²) in [5, 5.41) is 14.5. The first kappa shape index (κ1) is 23.6. The number of hydrogen-bond acceptors (Lipinski definition) is 5. The highest BCUT2D eigenvalue weighted by Crippen LogP contribution is 2.31. The Morgan fingerprint density at radius 1 is 1.22 bits per heavy atom. The molecule has 0 aliphatic heterocycles. The van der Waals surface area contributed by atoms with Crippen LogP contribution in [0.1, 0.15) is 31.2 Å². The van der Waals surface area contributed by atoms with Crippen LogP contribution in [0.4, 0.5) is 0 Å². The smallest absolute Gasteiger partial charge is 0.191 e. The number of benzene rings is 2. The first-order chi connectivity index (χ1) is 15.2. The molecular formula is C23H27IN6O2. The molecule has 0 bridgehead atoms. The summed E-state index contributed by atoms with van der Waals surface area (Å²) in [6, 6.07) is 16.0. The van der Waals surface area contributed by atoms with Crippen molar-refractivity contribution in [1.82, 2.24) is 25.8 Å². The van der Waals surface area contributed by atoms with E-state index < -0.39 is 0 Å². The Labute approximate surface area is 203 Å². The number of aliphatic imine (C=N–C) groups is 1. The van der Waals surface area contributed by atoms with Crippen molar-refractivity contribution in [2.24, 2.45) is 4.99 Å². The lowest BCUT2D eigenvalue weighted by molar-refractivity contribution is 0.336. The van der Waals surface area contributed by atoms with Crippen molar-refractivity contribution >= 4 is 40.9 Å². The van der Waals surface area contributed by atoms with E-state index in [-0.39, 0.29) is 30.0 Å². The molecule has 1 unspecified atom stereocenters. The molecule has 9 heteroatoms. The van der Waals surface area contributed by atoms with Crippen molar-refractivity contribution in [3.05, 3.63) is 66.2 Å². The number of fused-ring (bicyclic) bond motifs is 1. The van der Waals surface area contributed by atoms with Gasteiger partial charge in [0.25, 0.3) is 0 Å². The molecule has 0 amide bonds. The zero-order chi connectivity index (χ0) is 21.6. The number of hydrogen-bond donors (Lipinski definition) is 3. The highest BCUT2D eigenvalue weighted by Gasteiger charge is 2.15. The lowest BCUT2D eigenvalue weighted by Gasteiger charge is -2.16. The summed E-state index contributed by atoms with van der Waals surface area (Å²) in [5.74, 6) is 3.00. The predicted molar refractivity (Wildman–Crippen MR) is 136 cm³/mol. The Hall–Kier alpha value is -3.08. The number of nitrogens with zero attached hydrogens (tertiary/aromatic N) is 3. The molecule has 2 aromatic heterocycles. The Balaban J connectivity index is 0.00000289. The monoisotopic (exact) mass is 546 g/mol. The fourth-order valence-corrected chi connectivity index (χ4v) is 3.37. The zero-order valence-electron chi connectivity index (χ0n) is 18.3. The van der Waals surface area contributed by atoms with Crippen molar-refractivity contribution in [1.29, 1.82) is 0 Å². The van der Waals surface area contributed by atoms with Crippen molar-refractivity contribution in [2.75, 3.05) is 13.7 Å². The molecule has 4 rings (SSSR count). The SMILES string of the molecule is CCOc1cccc2cc(C(C)NC(=NC)NCc3cccc(-c4ncn[nH]4)c3)oc12.I. The Kier molecular flexibility index (Phi) is 8.09. The second kappa shape index (κ2) is 11.0. The van der Waals surface area contributed by atoms with Gasteiger partial charge < -0.3 is 19.8 Å². The summed E-state index contributed by atoms with van der Waals surface area (Å²) in [6.07, 6.45) is 1.50. The van der Waals surface area contributed by atoms with Crippen LogP contribution in [-0.2, 0) is 6.54 Å². The summed E-state index contributed by atoms with van der Waals surface area (Å²) in [4.78, 5) is 8.55. The van der Waals surface area contributed by atoms with E-state index in [1.165, 1.54) is 6.33 Å². The maximum absolute atomic E-state index is 6.09. The highest BCUT2D eigenvalue weighted by molar-refractivity contribution is 14.0. The Bertz CT molecular complexity index is 1170. The maximum atomic E-state index is 6.09. The van der Waals surface area contributed by atoms with Crippen molar-refractivity contribution in [3.63, 3.8) is 0 Å². The fourth-order valence-electron chi connectivity index (χ4n) is 3.37. The molecule has 8 nitrogen and oxygen atoms in total. The number of H-pyrrole nitrogens is 1. The first-order valence-electron chi connectivity index (χ1n) is 10.2. The summed E-state index contributed by atoms with van der Waals surface area (Å²) < 4.78 is 11.8. The molecular weight excluding hydrogens is 519 g/mol. The normalized spacial score (nSPS) is 12.3. The van der Waals surface area contributed by atoms with E-state index in [0.29, 0.717) is 19.1 Å². The standard InChI is InChI=1S/C23H26N6O2.HI/c1-4-30-19-10-6-8-17-12-20(31-21(17)19)15(2)28-23(24-3)25-13-16-7-5-9-18(11-16)22-26-14-27-29-22;/h5-12,14-15H,4,13H2,1-3H3,(H2,24,25,28)(H,26,27,29);1H. The van der Waals surface area contributed by atoms with E-state index in [0.717, 1.165) is 39.4 Å². The summed E-state index contributed by atoms with van der Waals surface area (Å²) in [6.45, 7) is 5.21. The lowest BCUT2D eigenvalue weighted by Crippen LogP contribution is -2.38. The van der Waals surface area contributed by atoms with Crippen LogP contribution in [0.25, 0.3) is 22.4 Å². The molecule has 1 atom stereocenters. The molecule has 2 heterocycles. The number of aromatic nitrogens is 3. The van der Waals surface area contributed by atoms with Crippen LogP contribution < -0.4 is 15.4 Å². The number of guanidine groups is 1. The van der Waals surface area contributed by atoms with Gasteiger partial charge in [-0.05, 0) is 37.6 Å². The van der Waals surface area contributed by atoms with E-state index in [1.807, 2.05) is 50.2 Å². The third-order valence-corrected chi connectivity index (χ3v) is 4.91. The second-order valence-corrected chi connectivity index (χ2v) is 7.08. The van der Waals surface area contributed by atoms with Crippen LogP contribution in [-0.4, -0.2) is 34.8 Å². The van der Waals surface area contributed by atoms with Gasteiger partial charge in [0.1, 0.15) is 12.1 Å². The molecule has 0 spiro atoms. The van der Waals surface area contributed by atoms with Crippen LogP contribution >= 0.6 is 24.0 Å². The molecule has 0 aliphatic rings. The van der Waals surface area contributed by atoms with Crippen molar-refractivity contribution in [2.45, 2.75) is 26.4 Å². The summed E-state index contributed by atoms with van der Waals surface area (Å²) in [7, 11) is 1.75. The fraction of sp³-hybridized carbons (Fsp3) is 0.261. The minimum Gasteiger partial charge on any atom is -0.490 e. The molecule has 3 N–H and O–H groups in total. The van der Waals surface area contributed by atoms with E-state index >= 15 is 0 Å². The molecule has 0 saturated heterocycles. The van der Waals surface area contributed by atoms with Gasteiger partial charge in [0.15, 0.2) is 23.1 Å². The van der Waals surface area contributed by atoms with Crippen molar-refractivity contribution in [3.8, 4) is 17.1 Å². The third kappa shape index (κ3) is 5.39. The number of para-hydroxylation sites is 1. The van der Waals surface area contributed by atoms with Gasteiger partial charge in [0.2, 0.25) is 0 Å². The largest absolute Gasteiger partial charge is 0.490 e. The van der Waals surface area contributed by atoms with E-state index in [9.17, 15) is 0 Å². The van der Waals surface area contributed by atoms with Gasteiger partial charge >= 0.3 is 0 Å². The molecule has 2 aromatic carbocycles. The van der Waals surface area contributed by atoms with E-state index in [2.05, 4.69) is 42.9 Å². The summed E-state index contributed by atoms with van der Waals surface area (Å²) >= 11 is 0. The minimum atomic E-state index is -0.0754. The van der Waals surface area contributed by atoms with Gasteiger partial charge in [-0.3, -0.25) is 10.1 Å². The molecule has 0 saturated carbocycles. The van der Waals surface area contributed by atoms with Crippen LogP contribution in [0.3, 0.4) is 0 Å². The number of furan rings is 1. The van der Waals surface area contributed by atoms with Gasteiger partial charge in [0.05, 0.1) is 12.6 Å². The molecule has 168 valence electrons. The number of aromatic amines is 1. The quantitative estimate of drug-likeness (QED) is 0.177. The molecule has 0 radical (unpaired) electrons. The third-order valence-electron chi connectivity index (χ3n) is 4.91. The van der Waals surface area contributed by atoms with Crippen molar-refractivity contribution < 1.29 is 9.15 Å². The molecule has 0 aliphatic carbocycles. The number of ether oxygens (including phenoxy) is 1. The van der Waals surface area contributed by atoms with Gasteiger partial charge in [-0.2, -0.15) is 5.10 Å². The second-order valence-electron chi connectivity index (χ2n) is 7.08. The molecule has 4 aromatic rings. The van der Waals surface area contributed by atoms with E-state index in [4.69, 9.17) is 9.15 Å². The Morgan fingerprint density at radius 2 is 2.06 bits per heavy atom. The summed E-state index contributed by atoms with van der Waals surface area (Å²) in [5.41, 5.74) is 2.86. The molecule has 0 fully saturated rings. The minimum absolute atomic E-state index is 0. The topological polar surface area (TPSA) is 100 Å².